The van der Waals surface area contributed by atoms with E-state index in [-0.39, 0.29) is 11.2 Å². The molecule has 7 heteroatoms. The van der Waals surface area contributed by atoms with Crippen LogP contribution < -0.4 is 0 Å². The first-order valence-corrected chi connectivity index (χ1v) is 9.67. The molecule has 0 fully saturated rings. The van der Waals surface area contributed by atoms with Gasteiger partial charge in [-0.2, -0.15) is 5.10 Å². The number of fused-ring (bicyclic) bond motifs is 1. The number of benzene rings is 1. The number of ether oxygens (including phenoxy) is 2. The summed E-state index contributed by atoms with van der Waals surface area (Å²) in [6.07, 6.45) is 2.19. The number of hydrogen-bond donors (Lipinski definition) is 1. The van der Waals surface area contributed by atoms with E-state index in [1.165, 1.54) is 12.1 Å². The number of aliphatic hydroxyl groups excluding tert-OH is 1. The van der Waals surface area contributed by atoms with Crippen molar-refractivity contribution in [2.24, 2.45) is 5.41 Å². The van der Waals surface area contributed by atoms with Crippen LogP contribution in [0.4, 0.5) is 4.39 Å². The second-order valence-electron chi connectivity index (χ2n) is 8.24. The lowest BCUT2D eigenvalue weighted by atomic mass is 9.87. The van der Waals surface area contributed by atoms with E-state index in [1.54, 1.807) is 19.2 Å². The van der Waals surface area contributed by atoms with Gasteiger partial charge in [-0.15, -0.1) is 0 Å². The molecule has 0 spiro atoms. The van der Waals surface area contributed by atoms with Crippen LogP contribution in [0, 0.1) is 11.2 Å². The summed E-state index contributed by atoms with van der Waals surface area (Å²) in [5, 5.41) is 14.9. The van der Waals surface area contributed by atoms with Crippen molar-refractivity contribution in [2.75, 3.05) is 40.0 Å². The maximum absolute atomic E-state index is 13.3. The van der Waals surface area contributed by atoms with Gasteiger partial charge in [0.2, 0.25) is 0 Å². The van der Waals surface area contributed by atoms with Crippen molar-refractivity contribution >= 4 is 0 Å². The number of aliphatic hydroxyl groups is 1. The Morgan fingerprint density at radius 1 is 1.25 bits per heavy atom. The standard InChI is InChI=1S/C21H30FN3O3/c1-21(2)10-20-16(11-23-25(20)18-6-4-17(22)5-7-18)12-24(15-21)13-19(26)14-28-9-8-27-3/h4-7,11,19,26H,8-10,12-15H2,1-3H3. The average Bonchev–Trinajstić information content (AvgIpc) is 2.94. The Morgan fingerprint density at radius 2 is 2.00 bits per heavy atom. The van der Waals surface area contributed by atoms with Gasteiger partial charge in [-0.05, 0) is 36.1 Å². The Kier molecular flexibility index (Phi) is 6.82. The van der Waals surface area contributed by atoms with Crippen LogP contribution in [0.15, 0.2) is 30.5 Å². The normalized spacial score (nSPS) is 17.9. The fourth-order valence-corrected chi connectivity index (χ4v) is 3.79. The van der Waals surface area contributed by atoms with Gasteiger partial charge >= 0.3 is 0 Å². The van der Waals surface area contributed by atoms with Crippen LogP contribution in [0.3, 0.4) is 0 Å². The molecule has 154 valence electrons. The molecule has 1 aromatic heterocycles. The van der Waals surface area contributed by atoms with E-state index in [9.17, 15) is 9.50 Å². The summed E-state index contributed by atoms with van der Waals surface area (Å²) in [6.45, 7) is 7.86. The van der Waals surface area contributed by atoms with Gasteiger partial charge in [0.1, 0.15) is 5.82 Å². The lowest BCUT2D eigenvalue weighted by Gasteiger charge is -2.31. The van der Waals surface area contributed by atoms with Gasteiger partial charge in [-0.3, -0.25) is 4.90 Å². The van der Waals surface area contributed by atoms with Crippen LogP contribution in [-0.4, -0.2) is 65.9 Å². The Balaban J connectivity index is 1.73. The smallest absolute Gasteiger partial charge is 0.123 e. The zero-order valence-corrected chi connectivity index (χ0v) is 16.9. The molecule has 2 aromatic rings. The minimum absolute atomic E-state index is 0.0136. The van der Waals surface area contributed by atoms with Crippen molar-refractivity contribution in [3.05, 3.63) is 47.5 Å². The molecule has 1 aliphatic rings. The Hall–Kier alpha value is -1.80. The second-order valence-corrected chi connectivity index (χ2v) is 8.24. The average molecular weight is 391 g/mol. The number of halogens is 1. The van der Waals surface area contributed by atoms with E-state index in [0.717, 1.165) is 36.5 Å². The van der Waals surface area contributed by atoms with Crippen molar-refractivity contribution < 1.29 is 19.0 Å². The molecule has 0 amide bonds. The van der Waals surface area contributed by atoms with Crippen LogP contribution in [0.25, 0.3) is 5.69 Å². The molecule has 0 aliphatic carbocycles. The molecular formula is C21H30FN3O3. The molecule has 6 nitrogen and oxygen atoms in total. The zero-order valence-electron chi connectivity index (χ0n) is 16.9. The lowest BCUT2D eigenvalue weighted by molar-refractivity contribution is -0.00534. The van der Waals surface area contributed by atoms with Crippen molar-refractivity contribution in [2.45, 2.75) is 32.9 Å². The summed E-state index contributed by atoms with van der Waals surface area (Å²) >= 11 is 0. The fraction of sp³-hybridized carbons (Fsp3) is 0.571. The molecule has 0 saturated carbocycles. The molecule has 0 bridgehead atoms. The molecular weight excluding hydrogens is 361 g/mol. The summed E-state index contributed by atoms with van der Waals surface area (Å²) in [5.41, 5.74) is 3.16. The predicted octanol–water partition coefficient (Wildman–Crippen LogP) is 2.42. The van der Waals surface area contributed by atoms with Gasteiger partial charge in [0.15, 0.2) is 0 Å². The van der Waals surface area contributed by atoms with Gasteiger partial charge in [-0.25, -0.2) is 9.07 Å². The van der Waals surface area contributed by atoms with Crippen LogP contribution in [-0.2, 0) is 22.4 Å². The van der Waals surface area contributed by atoms with Crippen LogP contribution in [0.1, 0.15) is 25.1 Å². The highest BCUT2D eigenvalue weighted by atomic mass is 19.1. The first-order chi connectivity index (χ1) is 13.4. The highest BCUT2D eigenvalue weighted by Gasteiger charge is 2.31. The summed E-state index contributed by atoms with van der Waals surface area (Å²) in [6, 6.07) is 6.41. The van der Waals surface area contributed by atoms with E-state index in [4.69, 9.17) is 9.47 Å². The fourth-order valence-electron chi connectivity index (χ4n) is 3.79. The SMILES string of the molecule is COCCOCC(O)CN1Cc2cnn(-c3ccc(F)cc3)c2CC(C)(C)C1. The van der Waals surface area contributed by atoms with E-state index in [0.29, 0.717) is 26.4 Å². The minimum Gasteiger partial charge on any atom is -0.389 e. The van der Waals surface area contributed by atoms with E-state index < -0.39 is 6.10 Å². The van der Waals surface area contributed by atoms with Crippen LogP contribution in [0.2, 0.25) is 0 Å². The molecule has 2 heterocycles. The van der Waals surface area contributed by atoms with Gasteiger partial charge in [0.25, 0.3) is 0 Å². The van der Waals surface area contributed by atoms with E-state index >= 15 is 0 Å². The van der Waals surface area contributed by atoms with Crippen LogP contribution >= 0.6 is 0 Å². The highest BCUT2D eigenvalue weighted by molar-refractivity contribution is 5.36. The topological polar surface area (TPSA) is 59.8 Å². The monoisotopic (exact) mass is 391 g/mol. The molecule has 1 aromatic carbocycles. The van der Waals surface area contributed by atoms with Crippen molar-refractivity contribution in [3.8, 4) is 5.69 Å². The van der Waals surface area contributed by atoms with Gasteiger partial charge in [0.05, 0.1) is 37.8 Å². The largest absolute Gasteiger partial charge is 0.389 e. The summed E-state index contributed by atoms with van der Waals surface area (Å²) in [4.78, 5) is 2.26. The molecule has 1 unspecified atom stereocenters. The number of β-amino-alcohol motifs (C(OH)–C–C–N with tert-alkyl or cyclic N) is 1. The molecule has 1 aliphatic heterocycles. The second kappa shape index (κ2) is 9.13. The van der Waals surface area contributed by atoms with Gasteiger partial charge in [0, 0.05) is 38.0 Å². The Labute approximate surface area is 165 Å². The lowest BCUT2D eigenvalue weighted by Crippen LogP contribution is -2.39. The molecule has 3 rings (SSSR count). The third-order valence-electron chi connectivity index (χ3n) is 4.93. The van der Waals surface area contributed by atoms with Crippen LogP contribution in [0.5, 0.6) is 0 Å². The van der Waals surface area contributed by atoms with E-state index in [1.807, 2.05) is 10.9 Å². The van der Waals surface area contributed by atoms with Crippen molar-refractivity contribution in [3.63, 3.8) is 0 Å². The van der Waals surface area contributed by atoms with Gasteiger partial charge < -0.3 is 14.6 Å². The molecule has 1 atom stereocenters. The summed E-state index contributed by atoms with van der Waals surface area (Å²) in [5.74, 6) is -0.254. The molecule has 0 radical (unpaired) electrons. The zero-order chi connectivity index (χ0) is 20.1. The Bertz CT molecular complexity index is 761. The summed E-state index contributed by atoms with van der Waals surface area (Å²) in [7, 11) is 1.63. The quantitative estimate of drug-likeness (QED) is 0.701. The molecule has 28 heavy (non-hydrogen) atoms. The highest BCUT2D eigenvalue weighted by Crippen LogP contribution is 2.31. The third kappa shape index (κ3) is 5.38. The predicted molar refractivity (Wildman–Crippen MR) is 105 cm³/mol. The number of nitrogens with zero attached hydrogens (tertiary/aromatic N) is 3. The minimum atomic E-state index is -0.554. The molecule has 1 N–H and O–H groups in total. The summed E-state index contributed by atoms with van der Waals surface area (Å²) < 4.78 is 25.6. The number of aromatic nitrogens is 2. The van der Waals surface area contributed by atoms with Crippen molar-refractivity contribution in [1.82, 2.24) is 14.7 Å². The van der Waals surface area contributed by atoms with E-state index in [2.05, 4.69) is 23.8 Å². The number of methoxy groups -OCH3 is 1. The molecule has 0 saturated heterocycles. The number of hydrogen-bond acceptors (Lipinski definition) is 5. The van der Waals surface area contributed by atoms with Crippen molar-refractivity contribution in [1.29, 1.82) is 0 Å². The Morgan fingerprint density at radius 3 is 2.71 bits per heavy atom. The first kappa shape index (κ1) is 20.9. The third-order valence-corrected chi connectivity index (χ3v) is 4.93. The van der Waals surface area contributed by atoms with Gasteiger partial charge in [-0.1, -0.05) is 13.8 Å². The maximum Gasteiger partial charge on any atom is 0.123 e. The first-order valence-electron chi connectivity index (χ1n) is 9.67. The number of rotatable bonds is 8. The maximum atomic E-state index is 13.3.